The van der Waals surface area contributed by atoms with Gasteiger partial charge in [0.05, 0.1) is 0 Å². The average molecular weight is 207 g/mol. The number of nitrogens with one attached hydrogen (secondary N) is 1. The Kier molecular flexibility index (Phi) is 3.95. The maximum absolute atomic E-state index is 4.25. The Bertz CT molecular complexity index is 289. The standard InChI is InChI=1S/C12H21N3/c1-9(2)11-8-12(13-4)14-10(3)6-7-15(11)5/h6-7,9,11H,3,8H2,1-2,4-5H3,(H,13,14)/b7-6-/t11-/m1/s1. The van der Waals surface area contributed by atoms with Gasteiger partial charge in [0.15, 0.2) is 0 Å². The van der Waals surface area contributed by atoms with E-state index in [2.05, 4.69) is 48.9 Å². The Morgan fingerprint density at radius 1 is 1.60 bits per heavy atom. The molecular formula is C12H21N3. The molecule has 0 bridgehead atoms. The highest BCUT2D eigenvalue weighted by molar-refractivity contribution is 5.84. The summed E-state index contributed by atoms with van der Waals surface area (Å²) in [5, 5.41) is 3.22. The molecule has 0 radical (unpaired) electrons. The molecule has 0 aromatic carbocycles. The number of aliphatic imine (C=N–C) groups is 1. The molecule has 3 nitrogen and oxygen atoms in total. The van der Waals surface area contributed by atoms with Crippen molar-refractivity contribution in [3.05, 3.63) is 24.6 Å². The number of allylic oxidation sites excluding steroid dienone is 1. The highest BCUT2D eigenvalue weighted by Gasteiger charge is 2.20. The summed E-state index contributed by atoms with van der Waals surface area (Å²) in [5.41, 5.74) is 0.893. The number of hydrogen-bond acceptors (Lipinski definition) is 2. The maximum atomic E-state index is 4.25. The van der Waals surface area contributed by atoms with Crippen LogP contribution >= 0.6 is 0 Å². The topological polar surface area (TPSA) is 27.6 Å². The predicted molar refractivity (Wildman–Crippen MR) is 65.8 cm³/mol. The van der Waals surface area contributed by atoms with Gasteiger partial charge in [-0.3, -0.25) is 4.99 Å². The fourth-order valence-electron chi connectivity index (χ4n) is 1.79. The third-order valence-corrected chi connectivity index (χ3v) is 2.78. The van der Waals surface area contributed by atoms with E-state index in [0.717, 1.165) is 18.0 Å². The summed E-state index contributed by atoms with van der Waals surface area (Å²) in [5.74, 6) is 1.61. The van der Waals surface area contributed by atoms with Gasteiger partial charge in [-0.2, -0.15) is 0 Å². The Balaban J connectivity index is 2.90. The molecule has 15 heavy (non-hydrogen) atoms. The molecule has 0 saturated carbocycles. The predicted octanol–water partition coefficient (Wildman–Crippen LogP) is 1.99. The number of nitrogens with zero attached hydrogens (tertiary/aromatic N) is 2. The van der Waals surface area contributed by atoms with Gasteiger partial charge in [-0.1, -0.05) is 20.4 Å². The SMILES string of the molecule is C=C1/C=C\N(C)[C@@H](C(C)C)C/C(=N\C)N1. The van der Waals surface area contributed by atoms with Crippen molar-refractivity contribution >= 4 is 5.84 Å². The summed E-state index contributed by atoms with van der Waals surface area (Å²) < 4.78 is 0. The quantitative estimate of drug-likeness (QED) is 0.712. The largest absolute Gasteiger partial charge is 0.377 e. The van der Waals surface area contributed by atoms with E-state index in [9.17, 15) is 0 Å². The Morgan fingerprint density at radius 3 is 2.80 bits per heavy atom. The molecule has 1 N–H and O–H groups in total. The number of hydrogen-bond donors (Lipinski definition) is 1. The second-order valence-corrected chi connectivity index (χ2v) is 4.32. The molecule has 0 fully saturated rings. The molecule has 1 aliphatic rings. The molecule has 0 amide bonds. The van der Waals surface area contributed by atoms with E-state index in [1.54, 1.807) is 0 Å². The van der Waals surface area contributed by atoms with Crippen LogP contribution in [0.1, 0.15) is 20.3 Å². The van der Waals surface area contributed by atoms with Crippen LogP contribution in [0, 0.1) is 5.92 Å². The van der Waals surface area contributed by atoms with Crippen molar-refractivity contribution < 1.29 is 0 Å². The molecule has 0 saturated heterocycles. The third-order valence-electron chi connectivity index (χ3n) is 2.78. The molecule has 1 heterocycles. The molecular weight excluding hydrogens is 186 g/mol. The minimum Gasteiger partial charge on any atom is -0.377 e. The average Bonchev–Trinajstić information content (AvgIpc) is 2.17. The zero-order chi connectivity index (χ0) is 11.4. The van der Waals surface area contributed by atoms with Crippen LogP contribution in [0.25, 0.3) is 0 Å². The van der Waals surface area contributed by atoms with Gasteiger partial charge in [0.1, 0.15) is 5.84 Å². The molecule has 0 aliphatic carbocycles. The van der Waals surface area contributed by atoms with Crippen molar-refractivity contribution in [2.45, 2.75) is 26.3 Å². The van der Waals surface area contributed by atoms with Crippen LogP contribution in [0.4, 0.5) is 0 Å². The Morgan fingerprint density at radius 2 is 2.27 bits per heavy atom. The van der Waals surface area contributed by atoms with Crippen LogP contribution in [0.2, 0.25) is 0 Å². The van der Waals surface area contributed by atoms with Crippen LogP contribution in [-0.4, -0.2) is 30.9 Å². The van der Waals surface area contributed by atoms with Crippen LogP contribution in [0.3, 0.4) is 0 Å². The van der Waals surface area contributed by atoms with Crippen molar-refractivity contribution in [1.82, 2.24) is 10.2 Å². The zero-order valence-corrected chi connectivity index (χ0v) is 10.1. The summed E-state index contributed by atoms with van der Waals surface area (Å²) >= 11 is 0. The van der Waals surface area contributed by atoms with Crippen LogP contribution in [0.5, 0.6) is 0 Å². The van der Waals surface area contributed by atoms with Crippen molar-refractivity contribution in [3.63, 3.8) is 0 Å². The Hall–Kier alpha value is -1.25. The van der Waals surface area contributed by atoms with E-state index >= 15 is 0 Å². The monoisotopic (exact) mass is 207 g/mol. The van der Waals surface area contributed by atoms with E-state index < -0.39 is 0 Å². The lowest BCUT2D eigenvalue weighted by atomic mass is 9.98. The molecule has 0 spiro atoms. The first-order valence-corrected chi connectivity index (χ1v) is 5.36. The molecule has 0 aromatic heterocycles. The van der Waals surface area contributed by atoms with Gasteiger partial charge in [0.25, 0.3) is 0 Å². The van der Waals surface area contributed by atoms with E-state index in [1.165, 1.54) is 0 Å². The Labute approximate surface area is 92.6 Å². The van der Waals surface area contributed by atoms with E-state index in [-0.39, 0.29) is 0 Å². The van der Waals surface area contributed by atoms with Gasteiger partial charge >= 0.3 is 0 Å². The fraction of sp³-hybridized carbons (Fsp3) is 0.583. The van der Waals surface area contributed by atoms with E-state index in [4.69, 9.17) is 0 Å². The van der Waals surface area contributed by atoms with Crippen molar-refractivity contribution in [3.8, 4) is 0 Å². The molecule has 3 heteroatoms. The van der Waals surface area contributed by atoms with Gasteiger partial charge < -0.3 is 10.2 Å². The molecule has 1 rings (SSSR count). The molecule has 1 aliphatic heterocycles. The van der Waals surface area contributed by atoms with Gasteiger partial charge in [-0.05, 0) is 12.0 Å². The highest BCUT2D eigenvalue weighted by atomic mass is 15.1. The second-order valence-electron chi connectivity index (χ2n) is 4.32. The van der Waals surface area contributed by atoms with Gasteiger partial charge in [-0.15, -0.1) is 0 Å². The normalized spacial score (nSPS) is 27.5. The molecule has 0 unspecified atom stereocenters. The van der Waals surface area contributed by atoms with Gasteiger partial charge in [0, 0.05) is 38.5 Å². The summed E-state index contributed by atoms with van der Waals surface area (Å²) in [6.45, 7) is 8.38. The van der Waals surface area contributed by atoms with Crippen LogP contribution < -0.4 is 5.32 Å². The number of rotatable bonds is 1. The first-order valence-electron chi connectivity index (χ1n) is 5.36. The molecule has 1 atom stereocenters. The fourth-order valence-corrected chi connectivity index (χ4v) is 1.79. The lowest BCUT2D eigenvalue weighted by Gasteiger charge is -2.32. The second kappa shape index (κ2) is 5.01. The lowest BCUT2D eigenvalue weighted by molar-refractivity contribution is 0.263. The van der Waals surface area contributed by atoms with E-state index in [1.807, 2.05) is 13.1 Å². The summed E-state index contributed by atoms with van der Waals surface area (Å²) in [6, 6.07) is 0.487. The van der Waals surface area contributed by atoms with Gasteiger partial charge in [-0.25, -0.2) is 0 Å². The zero-order valence-electron chi connectivity index (χ0n) is 10.1. The van der Waals surface area contributed by atoms with Crippen molar-refractivity contribution in [2.75, 3.05) is 14.1 Å². The maximum Gasteiger partial charge on any atom is 0.102 e. The van der Waals surface area contributed by atoms with Crippen LogP contribution in [0.15, 0.2) is 29.5 Å². The molecule has 0 aromatic rings. The lowest BCUT2D eigenvalue weighted by Crippen LogP contribution is -2.39. The smallest absolute Gasteiger partial charge is 0.102 e. The third kappa shape index (κ3) is 3.11. The van der Waals surface area contributed by atoms with Crippen molar-refractivity contribution in [1.29, 1.82) is 0 Å². The number of amidine groups is 1. The summed E-state index contributed by atoms with van der Waals surface area (Å²) in [4.78, 5) is 6.49. The highest BCUT2D eigenvalue weighted by Crippen LogP contribution is 2.16. The molecule has 84 valence electrons. The minimum absolute atomic E-state index is 0.487. The van der Waals surface area contributed by atoms with Crippen molar-refractivity contribution in [2.24, 2.45) is 10.9 Å². The van der Waals surface area contributed by atoms with Crippen LogP contribution in [-0.2, 0) is 0 Å². The first-order chi connectivity index (χ1) is 7.04. The minimum atomic E-state index is 0.487. The first kappa shape index (κ1) is 11.8. The van der Waals surface area contributed by atoms with Gasteiger partial charge in [0.2, 0.25) is 0 Å². The summed E-state index contributed by atoms with van der Waals surface area (Å²) in [7, 11) is 3.92. The summed E-state index contributed by atoms with van der Waals surface area (Å²) in [6.07, 6.45) is 5.00. The van der Waals surface area contributed by atoms with E-state index in [0.29, 0.717) is 12.0 Å².